The van der Waals surface area contributed by atoms with Crippen molar-refractivity contribution in [2.24, 2.45) is 5.73 Å². The Morgan fingerprint density at radius 3 is 2.76 bits per heavy atom. The number of nitrogens with one attached hydrogen (secondary N) is 1. The molecule has 5 rings (SSSR count). The molecule has 1 saturated heterocycles. The molecule has 8 nitrogen and oxygen atoms in total. The van der Waals surface area contributed by atoms with E-state index in [0.29, 0.717) is 49.6 Å². The van der Waals surface area contributed by atoms with Gasteiger partial charge in [-0.25, -0.2) is 4.79 Å². The van der Waals surface area contributed by atoms with Gasteiger partial charge in [-0.3, -0.25) is 9.78 Å². The van der Waals surface area contributed by atoms with Gasteiger partial charge in [0.15, 0.2) is 0 Å². The Morgan fingerprint density at radius 1 is 1.22 bits per heavy atom. The molecule has 2 heterocycles. The van der Waals surface area contributed by atoms with Crippen LogP contribution in [0, 0.1) is 0 Å². The highest BCUT2D eigenvalue weighted by atomic mass is 35.5. The highest BCUT2D eigenvalue weighted by Crippen LogP contribution is 2.64. The molecule has 2 aromatic carbocycles. The Morgan fingerprint density at radius 2 is 2.05 bits per heavy atom. The number of halogens is 1. The number of pyridine rings is 1. The summed E-state index contributed by atoms with van der Waals surface area (Å²) in [4.78, 5) is 31.4. The number of aryl methyl sites for hydroxylation is 1. The van der Waals surface area contributed by atoms with Crippen molar-refractivity contribution in [3.05, 3.63) is 87.7 Å². The molecule has 2 atom stereocenters. The van der Waals surface area contributed by atoms with Gasteiger partial charge in [-0.15, -0.1) is 0 Å². The number of carbonyl (C=O) groups excluding carboxylic acids is 2. The number of hydrogen-bond donors (Lipinski definition) is 3. The predicted molar refractivity (Wildman–Crippen MR) is 159 cm³/mol. The minimum absolute atomic E-state index is 0.117. The van der Waals surface area contributed by atoms with E-state index in [1.165, 1.54) is 12.7 Å². The molecule has 0 saturated carbocycles. The fourth-order valence-corrected chi connectivity index (χ4v) is 6.91. The molecule has 1 fully saturated rings. The topological polar surface area (TPSA) is 118 Å². The van der Waals surface area contributed by atoms with E-state index >= 15 is 0 Å². The summed E-state index contributed by atoms with van der Waals surface area (Å²) in [6.07, 6.45) is 4.32. The number of aromatic nitrogens is 1. The molecule has 0 bridgehead atoms. The molecule has 1 aliphatic carbocycles. The second-order valence-electron chi connectivity index (χ2n) is 10.9. The van der Waals surface area contributed by atoms with E-state index in [0.717, 1.165) is 47.2 Å². The summed E-state index contributed by atoms with van der Waals surface area (Å²) < 4.78 is 4.71. The summed E-state index contributed by atoms with van der Waals surface area (Å²) in [5, 5.41) is 16.0. The Hall–Kier alpha value is -3.46. The lowest BCUT2D eigenvalue weighted by Gasteiger charge is -2.62. The Bertz CT molecular complexity index is 1450. The summed E-state index contributed by atoms with van der Waals surface area (Å²) in [6.45, 7) is 3.73. The van der Waals surface area contributed by atoms with E-state index < -0.39 is 17.1 Å². The van der Waals surface area contributed by atoms with Crippen LogP contribution in [-0.2, 0) is 28.7 Å². The second kappa shape index (κ2) is 11.8. The number of amides is 2. The van der Waals surface area contributed by atoms with Crippen molar-refractivity contribution >= 4 is 23.6 Å². The van der Waals surface area contributed by atoms with Crippen molar-refractivity contribution in [2.45, 2.75) is 56.6 Å². The number of fused-ring (bicyclic) bond motifs is 2. The number of nitrogens with two attached hydrogens (primary N) is 1. The summed E-state index contributed by atoms with van der Waals surface area (Å²) in [5.74, 6) is -0.117. The van der Waals surface area contributed by atoms with Crippen LogP contribution in [0.2, 0.25) is 5.02 Å². The molecule has 3 aromatic rings. The number of rotatable bonds is 8. The lowest BCUT2D eigenvalue weighted by atomic mass is 9.47. The molecule has 41 heavy (non-hydrogen) atoms. The molecule has 1 aromatic heterocycles. The Kier molecular flexibility index (Phi) is 8.36. The van der Waals surface area contributed by atoms with E-state index in [9.17, 15) is 14.7 Å². The van der Waals surface area contributed by atoms with Crippen LogP contribution in [0.15, 0.2) is 54.7 Å². The number of aliphatic hydroxyl groups is 1. The van der Waals surface area contributed by atoms with Crippen LogP contribution in [0.25, 0.3) is 11.1 Å². The molecule has 216 valence electrons. The first kappa shape index (κ1) is 29.0. The number of nitrogens with zero attached hydrogens (tertiary/aromatic N) is 2. The van der Waals surface area contributed by atoms with Crippen molar-refractivity contribution in [3.63, 3.8) is 0 Å². The first-order valence-corrected chi connectivity index (χ1v) is 14.6. The van der Waals surface area contributed by atoms with Gasteiger partial charge in [-0.2, -0.15) is 0 Å². The maximum absolute atomic E-state index is 13.6. The third-order valence-corrected chi connectivity index (χ3v) is 9.04. The van der Waals surface area contributed by atoms with Crippen molar-refractivity contribution in [2.75, 3.05) is 26.7 Å². The standard InChI is InChI=1S/C32H37ClN4O4/c1-3-21-7-4-8-22(17-21)27-26(33)12-11-25-28(27)32(40,14-5-15-35-30(39)41-2)31(25)13-6-16-37(20-31)29(38)23-9-10-24(18-34)36-19-23/h4,7-12,17,19,40H,3,5-6,13-16,18,20,34H2,1-2H3,(H,35,39)/t31-,32-/m1/s1. The van der Waals surface area contributed by atoms with Crippen LogP contribution in [0.5, 0.6) is 0 Å². The molecule has 1 spiro atoms. The van der Waals surface area contributed by atoms with Gasteiger partial charge in [0.25, 0.3) is 5.91 Å². The highest BCUT2D eigenvalue weighted by molar-refractivity contribution is 6.33. The molecule has 9 heteroatoms. The van der Waals surface area contributed by atoms with Crippen LogP contribution in [0.1, 0.15) is 65.3 Å². The van der Waals surface area contributed by atoms with Gasteiger partial charge in [0.05, 0.1) is 18.4 Å². The normalized spacial score (nSPS) is 21.2. The minimum atomic E-state index is -1.26. The van der Waals surface area contributed by atoms with Crippen LogP contribution in [0.3, 0.4) is 0 Å². The number of benzene rings is 2. The smallest absolute Gasteiger partial charge is 0.406 e. The molecule has 1 aliphatic heterocycles. The molecule has 2 amide bonds. The first-order valence-electron chi connectivity index (χ1n) is 14.2. The molecular weight excluding hydrogens is 540 g/mol. The summed E-state index contributed by atoms with van der Waals surface area (Å²) in [6, 6.07) is 15.7. The van der Waals surface area contributed by atoms with E-state index in [-0.39, 0.29) is 5.91 Å². The fourth-order valence-electron chi connectivity index (χ4n) is 6.65. The number of piperidine rings is 1. The van der Waals surface area contributed by atoms with Crippen molar-refractivity contribution in [3.8, 4) is 11.1 Å². The van der Waals surface area contributed by atoms with E-state index in [1.807, 2.05) is 29.2 Å². The Balaban J connectivity index is 1.55. The van der Waals surface area contributed by atoms with Gasteiger partial charge in [0.2, 0.25) is 0 Å². The van der Waals surface area contributed by atoms with Crippen LogP contribution >= 0.6 is 11.6 Å². The largest absolute Gasteiger partial charge is 0.453 e. The van der Waals surface area contributed by atoms with Crippen molar-refractivity contribution in [1.82, 2.24) is 15.2 Å². The van der Waals surface area contributed by atoms with E-state index in [4.69, 9.17) is 22.1 Å². The first-order chi connectivity index (χ1) is 19.8. The molecule has 0 unspecified atom stereocenters. The van der Waals surface area contributed by atoms with E-state index in [1.54, 1.807) is 18.3 Å². The quantitative estimate of drug-likeness (QED) is 0.327. The van der Waals surface area contributed by atoms with Gasteiger partial charge in [0.1, 0.15) is 5.60 Å². The zero-order valence-electron chi connectivity index (χ0n) is 23.6. The maximum atomic E-state index is 13.6. The highest BCUT2D eigenvalue weighted by Gasteiger charge is 2.64. The molecule has 4 N–H and O–H groups in total. The van der Waals surface area contributed by atoms with Gasteiger partial charge < -0.3 is 25.8 Å². The van der Waals surface area contributed by atoms with Crippen molar-refractivity contribution in [1.29, 1.82) is 0 Å². The van der Waals surface area contributed by atoms with E-state index in [2.05, 4.69) is 29.4 Å². The van der Waals surface area contributed by atoms with Crippen molar-refractivity contribution < 1.29 is 19.4 Å². The number of alkyl carbamates (subject to hydrolysis) is 1. The predicted octanol–water partition coefficient (Wildman–Crippen LogP) is 4.93. The minimum Gasteiger partial charge on any atom is -0.453 e. The van der Waals surface area contributed by atoms with Gasteiger partial charge in [-0.1, -0.05) is 48.9 Å². The number of hydrogen-bond acceptors (Lipinski definition) is 6. The lowest BCUT2D eigenvalue weighted by Crippen LogP contribution is -2.66. The fraction of sp³-hybridized carbons (Fsp3) is 0.406. The molecule has 0 radical (unpaired) electrons. The third kappa shape index (κ3) is 5.09. The number of methoxy groups -OCH3 is 1. The average molecular weight is 577 g/mol. The second-order valence-corrected chi connectivity index (χ2v) is 11.3. The summed E-state index contributed by atoms with van der Waals surface area (Å²) >= 11 is 6.86. The van der Waals surface area contributed by atoms with Crippen LogP contribution < -0.4 is 11.1 Å². The monoisotopic (exact) mass is 576 g/mol. The maximum Gasteiger partial charge on any atom is 0.406 e. The van der Waals surface area contributed by atoms with Gasteiger partial charge >= 0.3 is 6.09 Å². The van der Waals surface area contributed by atoms with Gasteiger partial charge in [-0.05, 0) is 72.6 Å². The average Bonchev–Trinajstić information content (AvgIpc) is 3.02. The zero-order valence-corrected chi connectivity index (χ0v) is 24.3. The summed E-state index contributed by atoms with van der Waals surface area (Å²) in [5.41, 5.74) is 9.78. The number of likely N-dealkylation sites (tertiary alicyclic amines) is 1. The molecular formula is C32H37ClN4O4. The third-order valence-electron chi connectivity index (χ3n) is 8.73. The number of carbonyl (C=O) groups is 2. The zero-order chi connectivity index (χ0) is 29.2. The Labute approximate surface area is 245 Å². The van der Waals surface area contributed by atoms with Gasteiger partial charge in [0, 0.05) is 48.4 Å². The summed E-state index contributed by atoms with van der Waals surface area (Å²) in [7, 11) is 1.32. The van der Waals surface area contributed by atoms with Crippen LogP contribution in [-0.4, -0.2) is 53.7 Å². The SMILES string of the molecule is CCc1cccc(-c2c(Cl)ccc3c2[C@](O)(CCCNC(=O)OC)[C@@]32CCCN(C(=O)c3ccc(CN)nc3)C2)c1. The van der Waals surface area contributed by atoms with Crippen LogP contribution in [0.4, 0.5) is 4.79 Å². The lowest BCUT2D eigenvalue weighted by molar-refractivity contribution is -0.109. The number of ether oxygens (including phenoxy) is 1. The molecule has 2 aliphatic rings.